The molecule has 0 aliphatic heterocycles. The average Bonchev–Trinajstić information content (AvgIpc) is 2.47. The van der Waals surface area contributed by atoms with E-state index in [-0.39, 0.29) is 6.04 Å². The molecule has 2 aromatic heterocycles. The van der Waals surface area contributed by atoms with Crippen molar-refractivity contribution in [1.29, 1.82) is 0 Å². The van der Waals surface area contributed by atoms with Gasteiger partial charge in [-0.05, 0) is 30.7 Å². The monoisotopic (exact) mass is 250 g/mol. The SMILES string of the molecule is Cc1ccc(C(N)c2cnc3ccccc3n2)cn1. The predicted molar refractivity (Wildman–Crippen MR) is 74.5 cm³/mol. The van der Waals surface area contributed by atoms with E-state index < -0.39 is 0 Å². The van der Waals surface area contributed by atoms with E-state index in [9.17, 15) is 0 Å². The number of benzene rings is 1. The average molecular weight is 250 g/mol. The zero-order valence-electron chi connectivity index (χ0n) is 10.6. The molecular formula is C15H14N4. The van der Waals surface area contributed by atoms with Crippen molar-refractivity contribution in [2.24, 2.45) is 5.73 Å². The Labute approximate surface area is 111 Å². The Bertz CT molecular complexity index is 707. The molecule has 0 aliphatic carbocycles. The van der Waals surface area contributed by atoms with E-state index in [1.54, 1.807) is 12.4 Å². The van der Waals surface area contributed by atoms with Crippen molar-refractivity contribution in [2.45, 2.75) is 13.0 Å². The lowest BCUT2D eigenvalue weighted by molar-refractivity contribution is 0.820. The van der Waals surface area contributed by atoms with Gasteiger partial charge in [-0.25, -0.2) is 4.98 Å². The van der Waals surface area contributed by atoms with Crippen LogP contribution in [0.2, 0.25) is 0 Å². The predicted octanol–water partition coefficient (Wildman–Crippen LogP) is 2.38. The number of pyridine rings is 1. The Morgan fingerprint density at radius 2 is 1.74 bits per heavy atom. The quantitative estimate of drug-likeness (QED) is 0.758. The van der Waals surface area contributed by atoms with Gasteiger partial charge in [0, 0.05) is 11.9 Å². The molecule has 0 saturated carbocycles. The summed E-state index contributed by atoms with van der Waals surface area (Å²) in [6.45, 7) is 1.95. The van der Waals surface area contributed by atoms with Gasteiger partial charge in [-0.3, -0.25) is 9.97 Å². The molecule has 0 saturated heterocycles. The van der Waals surface area contributed by atoms with Crippen molar-refractivity contribution in [2.75, 3.05) is 0 Å². The molecule has 0 fully saturated rings. The summed E-state index contributed by atoms with van der Waals surface area (Å²) in [5.74, 6) is 0. The fourth-order valence-corrected chi connectivity index (χ4v) is 1.96. The summed E-state index contributed by atoms with van der Waals surface area (Å²) in [6, 6.07) is 11.4. The molecule has 0 aliphatic rings. The number of aryl methyl sites for hydroxylation is 1. The van der Waals surface area contributed by atoms with Crippen LogP contribution in [0.1, 0.15) is 23.0 Å². The minimum absolute atomic E-state index is 0.301. The first-order valence-corrected chi connectivity index (χ1v) is 6.14. The van der Waals surface area contributed by atoms with Crippen molar-refractivity contribution in [1.82, 2.24) is 15.0 Å². The molecule has 1 atom stereocenters. The molecule has 1 aromatic carbocycles. The number of rotatable bonds is 2. The van der Waals surface area contributed by atoms with Gasteiger partial charge in [0.25, 0.3) is 0 Å². The maximum absolute atomic E-state index is 6.21. The first-order valence-electron chi connectivity index (χ1n) is 6.14. The summed E-state index contributed by atoms with van der Waals surface area (Å²) in [5.41, 5.74) is 10.6. The van der Waals surface area contributed by atoms with E-state index >= 15 is 0 Å². The molecule has 4 nitrogen and oxygen atoms in total. The highest BCUT2D eigenvalue weighted by Crippen LogP contribution is 2.18. The van der Waals surface area contributed by atoms with Crippen molar-refractivity contribution in [3.05, 3.63) is 65.7 Å². The summed E-state index contributed by atoms with van der Waals surface area (Å²) in [4.78, 5) is 13.2. The van der Waals surface area contributed by atoms with Crippen LogP contribution in [-0.2, 0) is 0 Å². The minimum Gasteiger partial charge on any atom is -0.319 e. The van der Waals surface area contributed by atoms with Gasteiger partial charge in [0.2, 0.25) is 0 Å². The van der Waals surface area contributed by atoms with Gasteiger partial charge in [0.15, 0.2) is 0 Å². The smallest absolute Gasteiger partial charge is 0.0890 e. The zero-order chi connectivity index (χ0) is 13.2. The highest BCUT2D eigenvalue weighted by Gasteiger charge is 2.11. The Kier molecular flexibility index (Phi) is 2.93. The lowest BCUT2D eigenvalue weighted by Crippen LogP contribution is -2.14. The van der Waals surface area contributed by atoms with E-state index in [1.165, 1.54) is 0 Å². The first-order chi connectivity index (χ1) is 9.24. The standard InChI is InChI=1S/C15H14N4/c1-10-6-7-11(8-17-10)15(16)14-9-18-12-4-2-3-5-13(12)19-14/h2-9,15H,16H2,1H3. The van der Waals surface area contributed by atoms with E-state index in [2.05, 4.69) is 15.0 Å². The van der Waals surface area contributed by atoms with Crippen LogP contribution in [0.5, 0.6) is 0 Å². The van der Waals surface area contributed by atoms with Gasteiger partial charge >= 0.3 is 0 Å². The lowest BCUT2D eigenvalue weighted by Gasteiger charge is -2.11. The van der Waals surface area contributed by atoms with Gasteiger partial charge in [0.05, 0.1) is 29.0 Å². The molecule has 1 unspecified atom stereocenters. The fraction of sp³-hybridized carbons (Fsp3) is 0.133. The lowest BCUT2D eigenvalue weighted by atomic mass is 10.1. The Morgan fingerprint density at radius 1 is 0.947 bits per heavy atom. The van der Waals surface area contributed by atoms with Crippen molar-refractivity contribution in [3.63, 3.8) is 0 Å². The molecule has 2 heterocycles. The molecule has 0 spiro atoms. The van der Waals surface area contributed by atoms with Crippen LogP contribution in [0.3, 0.4) is 0 Å². The topological polar surface area (TPSA) is 64.7 Å². The maximum Gasteiger partial charge on any atom is 0.0890 e. The second kappa shape index (κ2) is 4.74. The number of fused-ring (bicyclic) bond motifs is 1. The van der Waals surface area contributed by atoms with Crippen LogP contribution < -0.4 is 5.73 Å². The van der Waals surface area contributed by atoms with Gasteiger partial charge in [-0.15, -0.1) is 0 Å². The summed E-state index contributed by atoms with van der Waals surface area (Å²) >= 11 is 0. The Balaban J connectivity index is 2.01. The first kappa shape index (κ1) is 11.7. The third kappa shape index (κ3) is 2.30. The van der Waals surface area contributed by atoms with Gasteiger partial charge in [-0.2, -0.15) is 0 Å². The highest BCUT2D eigenvalue weighted by molar-refractivity contribution is 5.73. The van der Waals surface area contributed by atoms with Crippen molar-refractivity contribution in [3.8, 4) is 0 Å². The van der Waals surface area contributed by atoms with E-state index in [0.717, 1.165) is 28.0 Å². The maximum atomic E-state index is 6.21. The number of nitrogens with zero attached hydrogens (tertiary/aromatic N) is 3. The van der Waals surface area contributed by atoms with Crippen molar-refractivity contribution < 1.29 is 0 Å². The molecule has 0 bridgehead atoms. The molecular weight excluding hydrogens is 236 g/mol. The van der Waals surface area contributed by atoms with Crippen LogP contribution >= 0.6 is 0 Å². The molecule has 0 amide bonds. The van der Waals surface area contributed by atoms with Crippen LogP contribution in [0.15, 0.2) is 48.8 Å². The van der Waals surface area contributed by atoms with E-state index in [4.69, 9.17) is 5.73 Å². The summed E-state index contributed by atoms with van der Waals surface area (Å²) < 4.78 is 0. The second-order valence-corrected chi connectivity index (χ2v) is 4.49. The van der Waals surface area contributed by atoms with Crippen molar-refractivity contribution >= 4 is 11.0 Å². The van der Waals surface area contributed by atoms with E-state index in [1.807, 2.05) is 43.3 Å². The molecule has 19 heavy (non-hydrogen) atoms. The number of hydrogen-bond acceptors (Lipinski definition) is 4. The summed E-state index contributed by atoms with van der Waals surface area (Å²) in [5, 5.41) is 0. The Morgan fingerprint density at radius 3 is 2.47 bits per heavy atom. The van der Waals surface area contributed by atoms with Crippen LogP contribution in [0, 0.1) is 6.92 Å². The number of hydrogen-bond donors (Lipinski definition) is 1. The summed E-state index contributed by atoms with van der Waals surface area (Å²) in [7, 11) is 0. The van der Waals surface area contributed by atoms with Gasteiger partial charge in [0.1, 0.15) is 0 Å². The number of para-hydroxylation sites is 2. The normalized spacial score (nSPS) is 12.5. The number of nitrogens with two attached hydrogens (primary N) is 1. The largest absolute Gasteiger partial charge is 0.319 e. The fourth-order valence-electron chi connectivity index (χ4n) is 1.96. The zero-order valence-corrected chi connectivity index (χ0v) is 10.6. The third-order valence-electron chi connectivity index (χ3n) is 3.08. The Hall–Kier alpha value is -2.33. The van der Waals surface area contributed by atoms with Crippen LogP contribution in [0.25, 0.3) is 11.0 Å². The summed E-state index contributed by atoms with van der Waals surface area (Å²) in [6.07, 6.45) is 3.52. The third-order valence-corrected chi connectivity index (χ3v) is 3.08. The molecule has 3 rings (SSSR count). The van der Waals surface area contributed by atoms with Crippen LogP contribution in [0.4, 0.5) is 0 Å². The van der Waals surface area contributed by atoms with Crippen LogP contribution in [-0.4, -0.2) is 15.0 Å². The molecule has 0 radical (unpaired) electrons. The van der Waals surface area contributed by atoms with Gasteiger partial charge in [-0.1, -0.05) is 18.2 Å². The molecule has 4 heteroatoms. The highest BCUT2D eigenvalue weighted by atomic mass is 14.8. The molecule has 94 valence electrons. The second-order valence-electron chi connectivity index (χ2n) is 4.49. The minimum atomic E-state index is -0.301. The molecule has 3 aromatic rings. The van der Waals surface area contributed by atoms with Gasteiger partial charge < -0.3 is 5.73 Å². The van der Waals surface area contributed by atoms with E-state index in [0.29, 0.717) is 0 Å². The number of aromatic nitrogens is 3. The molecule has 2 N–H and O–H groups in total.